The third-order valence-electron chi connectivity index (χ3n) is 4.96. The minimum atomic E-state index is -0.255. The van der Waals surface area contributed by atoms with Gasteiger partial charge < -0.3 is 5.32 Å². The van der Waals surface area contributed by atoms with E-state index in [-0.39, 0.29) is 24.2 Å². The van der Waals surface area contributed by atoms with Crippen molar-refractivity contribution < 1.29 is 9.59 Å². The zero-order valence-corrected chi connectivity index (χ0v) is 16.4. The summed E-state index contributed by atoms with van der Waals surface area (Å²) in [5.41, 5.74) is 1.93. The number of benzene rings is 1. The maximum absolute atomic E-state index is 12.6. The molecule has 3 aliphatic rings. The largest absolute Gasteiger partial charge is 0.326 e. The van der Waals surface area contributed by atoms with E-state index >= 15 is 0 Å². The average Bonchev–Trinajstić information content (AvgIpc) is 2.84. The Labute approximate surface area is 167 Å². The van der Waals surface area contributed by atoms with E-state index in [2.05, 4.69) is 15.3 Å². The van der Waals surface area contributed by atoms with Crippen LogP contribution >= 0.6 is 23.4 Å². The molecule has 27 heavy (non-hydrogen) atoms. The molecule has 140 valence electrons. The third kappa shape index (κ3) is 4.17. The van der Waals surface area contributed by atoms with Gasteiger partial charge in [0.15, 0.2) is 0 Å². The Morgan fingerprint density at radius 2 is 1.93 bits per heavy atom. The smallest absolute Gasteiger partial charge is 0.261 e. The second kappa shape index (κ2) is 7.98. The number of halogens is 1. The van der Waals surface area contributed by atoms with Gasteiger partial charge in [-0.3, -0.25) is 9.59 Å². The van der Waals surface area contributed by atoms with Crippen molar-refractivity contribution in [3.8, 4) is 0 Å². The first kappa shape index (κ1) is 18.4. The zero-order valence-electron chi connectivity index (χ0n) is 14.8. The molecule has 1 aliphatic carbocycles. The standard InChI is InChI=1S/C20H20ClN3O2S/c21-12-6-8-13(9-7-12)22-17(25)11-10-16-23-19(26)18-14-4-2-1-3-5-15(14)27-20(18)24-16/h6-9,18H,1-5,10-11H2,(H,22,25). The van der Waals surface area contributed by atoms with E-state index in [9.17, 15) is 9.59 Å². The Morgan fingerprint density at radius 1 is 1.15 bits per heavy atom. The fourth-order valence-corrected chi connectivity index (χ4v) is 5.10. The zero-order chi connectivity index (χ0) is 18.8. The number of amidine groups is 1. The van der Waals surface area contributed by atoms with Crippen molar-refractivity contribution in [1.82, 2.24) is 0 Å². The molecule has 0 spiro atoms. The highest BCUT2D eigenvalue weighted by atomic mass is 35.5. The number of fused-ring (bicyclic) bond motifs is 2. The lowest BCUT2D eigenvalue weighted by molar-refractivity contribution is -0.119. The number of hydrogen-bond donors (Lipinski definition) is 1. The minimum absolute atomic E-state index is 0.118. The van der Waals surface area contributed by atoms with Gasteiger partial charge in [-0.15, -0.1) is 0 Å². The molecule has 2 aliphatic heterocycles. The summed E-state index contributed by atoms with van der Waals surface area (Å²) >= 11 is 7.50. The van der Waals surface area contributed by atoms with Gasteiger partial charge in [0.1, 0.15) is 11.8 Å². The molecule has 1 unspecified atom stereocenters. The van der Waals surface area contributed by atoms with E-state index in [1.54, 1.807) is 36.0 Å². The number of aliphatic imine (C=N–C) groups is 2. The van der Waals surface area contributed by atoms with Crippen molar-refractivity contribution in [2.24, 2.45) is 15.9 Å². The van der Waals surface area contributed by atoms with Crippen molar-refractivity contribution in [1.29, 1.82) is 0 Å². The van der Waals surface area contributed by atoms with Gasteiger partial charge in [-0.2, -0.15) is 4.99 Å². The average molecular weight is 402 g/mol. The second-order valence-electron chi connectivity index (χ2n) is 6.92. The molecule has 2 amide bonds. The SMILES string of the molecule is O=C(CCC1=NC(=O)C2C(=N1)SC1=C2CCCCC1)Nc1ccc(Cl)cc1. The van der Waals surface area contributed by atoms with E-state index in [0.717, 1.165) is 24.3 Å². The molecule has 1 N–H and O–H groups in total. The van der Waals surface area contributed by atoms with Crippen LogP contribution in [0.5, 0.6) is 0 Å². The van der Waals surface area contributed by atoms with Crippen LogP contribution in [-0.2, 0) is 9.59 Å². The predicted octanol–water partition coefficient (Wildman–Crippen LogP) is 4.98. The molecule has 2 heterocycles. The van der Waals surface area contributed by atoms with Gasteiger partial charge in [0, 0.05) is 23.6 Å². The van der Waals surface area contributed by atoms with E-state index in [1.165, 1.54) is 23.3 Å². The number of allylic oxidation sites excluding steroid dienone is 1. The maximum Gasteiger partial charge on any atom is 0.261 e. The second-order valence-corrected chi connectivity index (χ2v) is 8.47. The van der Waals surface area contributed by atoms with Crippen LogP contribution < -0.4 is 5.32 Å². The fourth-order valence-electron chi connectivity index (χ4n) is 3.61. The summed E-state index contributed by atoms with van der Waals surface area (Å²) in [5, 5.41) is 4.29. The van der Waals surface area contributed by atoms with Gasteiger partial charge in [-0.25, -0.2) is 4.99 Å². The van der Waals surface area contributed by atoms with Gasteiger partial charge in [0.25, 0.3) is 5.91 Å². The first-order valence-corrected chi connectivity index (χ1v) is 10.4. The van der Waals surface area contributed by atoms with Crippen LogP contribution in [0.2, 0.25) is 5.02 Å². The summed E-state index contributed by atoms with van der Waals surface area (Å²) in [5.74, 6) is -0.0484. The highest BCUT2D eigenvalue weighted by Crippen LogP contribution is 2.46. The molecule has 4 rings (SSSR count). The quantitative estimate of drug-likeness (QED) is 0.773. The normalized spacial score (nSPS) is 21.8. The van der Waals surface area contributed by atoms with Crippen molar-refractivity contribution in [3.63, 3.8) is 0 Å². The topological polar surface area (TPSA) is 70.9 Å². The van der Waals surface area contributed by atoms with Gasteiger partial charge in [-0.1, -0.05) is 29.8 Å². The predicted molar refractivity (Wildman–Crippen MR) is 110 cm³/mol. The van der Waals surface area contributed by atoms with Crippen LogP contribution in [0.3, 0.4) is 0 Å². The Morgan fingerprint density at radius 3 is 2.74 bits per heavy atom. The van der Waals surface area contributed by atoms with E-state index < -0.39 is 0 Å². The van der Waals surface area contributed by atoms with Crippen molar-refractivity contribution >= 4 is 51.7 Å². The number of carbonyl (C=O) groups excluding carboxylic acids is 2. The van der Waals surface area contributed by atoms with Crippen LogP contribution in [0, 0.1) is 5.92 Å². The lowest BCUT2D eigenvalue weighted by Crippen LogP contribution is -2.26. The molecule has 0 aromatic heterocycles. The monoisotopic (exact) mass is 401 g/mol. The summed E-state index contributed by atoms with van der Waals surface area (Å²) in [4.78, 5) is 34.9. The number of hydrogen-bond acceptors (Lipinski definition) is 4. The van der Waals surface area contributed by atoms with Crippen LogP contribution in [0.15, 0.2) is 44.7 Å². The molecule has 0 saturated heterocycles. The molecule has 0 fully saturated rings. The third-order valence-corrected chi connectivity index (χ3v) is 6.46. The molecule has 0 saturated carbocycles. The van der Waals surface area contributed by atoms with Crippen LogP contribution in [-0.4, -0.2) is 22.7 Å². The number of carbonyl (C=O) groups is 2. The highest BCUT2D eigenvalue weighted by Gasteiger charge is 2.39. The number of nitrogens with one attached hydrogen (secondary N) is 1. The first-order valence-electron chi connectivity index (χ1n) is 9.25. The minimum Gasteiger partial charge on any atom is -0.326 e. The molecular formula is C20H20ClN3O2S. The van der Waals surface area contributed by atoms with Gasteiger partial charge in [-0.05, 0) is 60.4 Å². The number of rotatable bonds is 4. The molecular weight excluding hydrogens is 382 g/mol. The maximum atomic E-state index is 12.6. The Balaban J connectivity index is 1.37. The lowest BCUT2D eigenvalue weighted by atomic mass is 9.94. The summed E-state index contributed by atoms with van der Waals surface area (Å²) < 4.78 is 0. The molecule has 0 bridgehead atoms. The van der Waals surface area contributed by atoms with Crippen LogP contribution in [0.4, 0.5) is 5.69 Å². The van der Waals surface area contributed by atoms with Crippen LogP contribution in [0.1, 0.15) is 44.9 Å². The van der Waals surface area contributed by atoms with Crippen molar-refractivity contribution in [3.05, 3.63) is 39.8 Å². The summed E-state index contributed by atoms with van der Waals surface area (Å²) in [6, 6.07) is 6.95. The Kier molecular flexibility index (Phi) is 5.45. The van der Waals surface area contributed by atoms with Gasteiger partial charge >= 0.3 is 0 Å². The summed E-state index contributed by atoms with van der Waals surface area (Å²) in [6.45, 7) is 0. The van der Waals surface area contributed by atoms with Crippen molar-refractivity contribution in [2.45, 2.75) is 44.9 Å². The van der Waals surface area contributed by atoms with Crippen molar-refractivity contribution in [2.75, 3.05) is 5.32 Å². The number of anilines is 1. The highest BCUT2D eigenvalue weighted by molar-refractivity contribution is 8.17. The molecule has 0 radical (unpaired) electrons. The Bertz CT molecular complexity index is 874. The molecule has 1 aromatic rings. The molecule has 5 nitrogen and oxygen atoms in total. The molecule has 1 atom stereocenters. The number of amides is 2. The Hall–Kier alpha value is -1.92. The number of thioether (sulfide) groups is 1. The fraction of sp³-hybridized carbons (Fsp3) is 0.400. The van der Waals surface area contributed by atoms with E-state index in [0.29, 0.717) is 23.0 Å². The molecule has 1 aromatic carbocycles. The van der Waals surface area contributed by atoms with Crippen LogP contribution in [0.25, 0.3) is 0 Å². The first-order chi connectivity index (χ1) is 13.1. The van der Waals surface area contributed by atoms with Gasteiger partial charge in [0.05, 0.1) is 5.04 Å². The lowest BCUT2D eigenvalue weighted by Gasteiger charge is -2.16. The summed E-state index contributed by atoms with van der Waals surface area (Å²) in [6.07, 6.45) is 6.14. The van der Waals surface area contributed by atoms with E-state index in [1.807, 2.05) is 0 Å². The molecule has 7 heteroatoms. The summed E-state index contributed by atoms with van der Waals surface area (Å²) in [7, 11) is 0. The van der Waals surface area contributed by atoms with Gasteiger partial charge in [0.2, 0.25) is 5.91 Å². The van der Waals surface area contributed by atoms with E-state index in [4.69, 9.17) is 11.6 Å². The number of nitrogens with zero attached hydrogens (tertiary/aromatic N) is 2.